The Morgan fingerprint density at radius 2 is 1.89 bits per heavy atom. The SMILES string of the molecule is COC/C=C/C(=O)N1CCN(c2nc(OC[C@H]3C[C@@H](OC)CN3C)nc3c2CCN(c2cccc4cccc(C)c24)C3)C[C@@H]1CC#N. The Morgan fingerprint density at radius 3 is 2.66 bits per heavy atom. The fourth-order valence-corrected chi connectivity index (χ4v) is 7.21. The van der Waals surface area contributed by atoms with Gasteiger partial charge in [-0.1, -0.05) is 36.4 Å². The van der Waals surface area contributed by atoms with Gasteiger partial charge in [0.1, 0.15) is 12.4 Å². The minimum Gasteiger partial charge on any atom is -0.462 e. The fraction of sp³-hybridized carbons (Fsp3) is 0.500. The zero-order valence-electron chi connectivity index (χ0n) is 27.9. The van der Waals surface area contributed by atoms with Crippen LogP contribution in [-0.4, -0.2) is 111 Å². The van der Waals surface area contributed by atoms with Crippen LogP contribution < -0.4 is 14.5 Å². The molecule has 0 spiro atoms. The molecule has 0 radical (unpaired) electrons. The van der Waals surface area contributed by atoms with Crippen LogP contribution in [0.4, 0.5) is 11.5 Å². The Bertz CT molecular complexity index is 1650. The number of benzene rings is 2. The summed E-state index contributed by atoms with van der Waals surface area (Å²) in [6.45, 7) is 6.92. The number of rotatable bonds is 10. The number of fused-ring (bicyclic) bond motifs is 2. The molecule has 11 heteroatoms. The van der Waals surface area contributed by atoms with E-state index in [1.54, 1.807) is 31.3 Å². The molecule has 0 aliphatic carbocycles. The van der Waals surface area contributed by atoms with Crippen LogP contribution in [0.5, 0.6) is 6.01 Å². The highest BCUT2D eigenvalue weighted by molar-refractivity contribution is 5.97. The lowest BCUT2D eigenvalue weighted by Gasteiger charge is -2.42. The highest BCUT2D eigenvalue weighted by Gasteiger charge is 2.34. The number of hydrogen-bond donors (Lipinski definition) is 0. The van der Waals surface area contributed by atoms with Crippen LogP contribution >= 0.6 is 0 Å². The number of likely N-dealkylation sites (tertiary alicyclic amines) is 1. The van der Waals surface area contributed by atoms with Crippen LogP contribution in [0, 0.1) is 18.3 Å². The molecule has 2 fully saturated rings. The molecule has 248 valence electrons. The molecule has 3 aliphatic rings. The number of amides is 1. The van der Waals surface area contributed by atoms with Crippen LogP contribution in [0.3, 0.4) is 0 Å². The average Bonchev–Trinajstić information content (AvgIpc) is 3.46. The third-order valence-corrected chi connectivity index (χ3v) is 9.76. The Balaban J connectivity index is 1.31. The molecule has 2 aromatic carbocycles. The third kappa shape index (κ3) is 7.05. The summed E-state index contributed by atoms with van der Waals surface area (Å²) in [6, 6.07) is 15.5. The molecule has 0 saturated carbocycles. The van der Waals surface area contributed by atoms with E-state index in [1.807, 2.05) is 0 Å². The smallest absolute Gasteiger partial charge is 0.318 e. The van der Waals surface area contributed by atoms with Crippen molar-refractivity contribution >= 4 is 28.2 Å². The standard InChI is InChI=1S/C36H45N7O4/c1-25-8-5-9-26-10-6-11-32(34(25)26)41-16-14-30-31(23-41)38-36(47-24-28-20-29(46-4)22-40(28)2)39-35(30)42-17-18-43(27(21-42)13-15-37)33(44)12-7-19-45-3/h5-12,27-29H,13-14,16-24H2,1-4H3/b12-7+/t27-,28+,29+/m0/s1. The van der Waals surface area contributed by atoms with E-state index in [9.17, 15) is 10.1 Å². The summed E-state index contributed by atoms with van der Waals surface area (Å²) in [5.74, 6) is 0.741. The fourth-order valence-electron chi connectivity index (χ4n) is 7.21. The summed E-state index contributed by atoms with van der Waals surface area (Å²) in [6.07, 6.45) is 5.34. The molecule has 11 nitrogen and oxygen atoms in total. The Labute approximate surface area is 277 Å². The van der Waals surface area contributed by atoms with E-state index in [0.717, 1.165) is 43.0 Å². The predicted molar refractivity (Wildman–Crippen MR) is 182 cm³/mol. The van der Waals surface area contributed by atoms with E-state index in [4.69, 9.17) is 24.2 Å². The number of carbonyl (C=O) groups excluding carboxylic acids is 1. The van der Waals surface area contributed by atoms with Crippen LogP contribution in [0.25, 0.3) is 10.8 Å². The minimum atomic E-state index is -0.264. The monoisotopic (exact) mass is 639 g/mol. The normalized spacial score (nSPS) is 21.8. The second-order valence-electron chi connectivity index (χ2n) is 12.7. The number of piperazine rings is 1. The number of anilines is 2. The lowest BCUT2D eigenvalue weighted by atomic mass is 9.99. The van der Waals surface area contributed by atoms with Crippen molar-refractivity contribution in [2.24, 2.45) is 0 Å². The molecule has 3 aliphatic heterocycles. The molecule has 0 bridgehead atoms. The average molecular weight is 640 g/mol. The molecule has 3 aromatic rings. The maximum absolute atomic E-state index is 13.1. The van der Waals surface area contributed by atoms with Gasteiger partial charge in [0.25, 0.3) is 0 Å². The first-order valence-corrected chi connectivity index (χ1v) is 16.5. The number of nitrogens with zero attached hydrogens (tertiary/aromatic N) is 7. The first kappa shape index (κ1) is 32.7. The highest BCUT2D eigenvalue weighted by Crippen LogP contribution is 2.36. The first-order chi connectivity index (χ1) is 22.9. The van der Waals surface area contributed by atoms with Crippen molar-refractivity contribution in [3.05, 3.63) is 65.4 Å². The molecule has 2 saturated heterocycles. The summed E-state index contributed by atoms with van der Waals surface area (Å²) in [5.41, 5.74) is 4.52. The van der Waals surface area contributed by atoms with E-state index in [-0.39, 0.29) is 30.5 Å². The van der Waals surface area contributed by atoms with Gasteiger partial charge in [-0.2, -0.15) is 15.2 Å². The van der Waals surface area contributed by atoms with Gasteiger partial charge < -0.3 is 28.9 Å². The van der Waals surface area contributed by atoms with Gasteiger partial charge >= 0.3 is 6.01 Å². The molecular weight excluding hydrogens is 594 g/mol. The number of aryl methyl sites for hydroxylation is 1. The lowest BCUT2D eigenvalue weighted by Crippen LogP contribution is -2.55. The van der Waals surface area contributed by atoms with Crippen molar-refractivity contribution < 1.29 is 19.0 Å². The van der Waals surface area contributed by atoms with Gasteiger partial charge in [-0.3, -0.25) is 9.69 Å². The number of ether oxygens (including phenoxy) is 3. The molecular formula is C36H45N7O4. The summed E-state index contributed by atoms with van der Waals surface area (Å²) < 4.78 is 17.0. The number of likely N-dealkylation sites (N-methyl/N-ethyl adjacent to an activating group) is 1. The quantitative estimate of drug-likeness (QED) is 0.305. The van der Waals surface area contributed by atoms with E-state index in [1.165, 1.54) is 22.0 Å². The maximum Gasteiger partial charge on any atom is 0.318 e. The number of hydrogen-bond acceptors (Lipinski definition) is 10. The van der Waals surface area contributed by atoms with Crippen molar-refractivity contribution in [2.45, 2.75) is 50.9 Å². The van der Waals surface area contributed by atoms with Gasteiger partial charge in [0.05, 0.1) is 43.5 Å². The van der Waals surface area contributed by atoms with Crippen molar-refractivity contribution in [1.29, 1.82) is 5.26 Å². The van der Waals surface area contributed by atoms with E-state index in [2.05, 4.69) is 71.1 Å². The van der Waals surface area contributed by atoms with Crippen LogP contribution in [0.15, 0.2) is 48.6 Å². The van der Waals surface area contributed by atoms with Gasteiger partial charge in [-0.25, -0.2) is 0 Å². The summed E-state index contributed by atoms with van der Waals surface area (Å²) in [4.78, 5) is 31.8. The predicted octanol–water partition coefficient (Wildman–Crippen LogP) is 3.73. The van der Waals surface area contributed by atoms with Crippen molar-refractivity contribution in [2.75, 3.05) is 77.0 Å². The van der Waals surface area contributed by atoms with Gasteiger partial charge in [0, 0.05) is 75.7 Å². The topological polar surface area (TPSA) is 107 Å². The number of nitriles is 1. The molecule has 4 heterocycles. The molecule has 1 aromatic heterocycles. The van der Waals surface area contributed by atoms with E-state index < -0.39 is 0 Å². The molecule has 0 N–H and O–H groups in total. The van der Waals surface area contributed by atoms with Crippen LogP contribution in [0.1, 0.15) is 29.7 Å². The molecule has 1 amide bonds. The maximum atomic E-state index is 13.1. The van der Waals surface area contributed by atoms with Crippen LogP contribution in [-0.2, 0) is 27.2 Å². The van der Waals surface area contributed by atoms with Gasteiger partial charge in [-0.05, 0) is 43.8 Å². The second-order valence-corrected chi connectivity index (χ2v) is 12.7. The largest absolute Gasteiger partial charge is 0.462 e. The first-order valence-electron chi connectivity index (χ1n) is 16.5. The zero-order chi connectivity index (χ0) is 32.9. The van der Waals surface area contributed by atoms with Crippen molar-refractivity contribution in [1.82, 2.24) is 19.8 Å². The van der Waals surface area contributed by atoms with Crippen molar-refractivity contribution in [3.8, 4) is 12.1 Å². The zero-order valence-corrected chi connectivity index (χ0v) is 27.9. The Morgan fingerprint density at radius 1 is 1.06 bits per heavy atom. The third-order valence-electron chi connectivity index (χ3n) is 9.76. The molecule has 47 heavy (non-hydrogen) atoms. The Hall–Kier alpha value is -4.24. The molecule has 6 rings (SSSR count). The van der Waals surface area contributed by atoms with Gasteiger partial charge in [0.2, 0.25) is 5.91 Å². The van der Waals surface area contributed by atoms with Gasteiger partial charge in [0.15, 0.2) is 0 Å². The number of methoxy groups -OCH3 is 2. The van der Waals surface area contributed by atoms with E-state index in [0.29, 0.717) is 45.4 Å². The van der Waals surface area contributed by atoms with Gasteiger partial charge in [-0.15, -0.1) is 0 Å². The number of aromatic nitrogens is 2. The molecule has 0 unspecified atom stereocenters. The number of carbonyl (C=O) groups is 1. The van der Waals surface area contributed by atoms with Crippen LogP contribution in [0.2, 0.25) is 0 Å². The summed E-state index contributed by atoms with van der Waals surface area (Å²) in [5, 5.41) is 12.2. The second kappa shape index (κ2) is 14.7. The Kier molecular flexibility index (Phi) is 10.2. The molecule has 3 atom stereocenters. The highest BCUT2D eigenvalue weighted by atomic mass is 16.5. The van der Waals surface area contributed by atoms with Crippen molar-refractivity contribution in [3.63, 3.8) is 0 Å². The summed E-state index contributed by atoms with van der Waals surface area (Å²) in [7, 11) is 5.44. The van der Waals surface area contributed by atoms with E-state index >= 15 is 0 Å². The summed E-state index contributed by atoms with van der Waals surface area (Å²) >= 11 is 0. The minimum absolute atomic E-state index is 0.105. The lowest BCUT2D eigenvalue weighted by molar-refractivity contribution is -0.128.